The number of hydrogen-bond acceptors (Lipinski definition) is 3. The number of thiol groups is 1. The number of nitrogens with zero attached hydrogens (tertiary/aromatic N) is 1. The summed E-state index contributed by atoms with van der Waals surface area (Å²) in [4.78, 5) is 14.9. The van der Waals surface area contributed by atoms with Crippen LogP contribution in [-0.2, 0) is 4.74 Å². The van der Waals surface area contributed by atoms with Gasteiger partial charge in [-0.1, -0.05) is 15.9 Å². The molecule has 0 unspecified atom stereocenters. The number of carbonyl (C=O) groups is 1. The molecule has 1 amide bonds. The van der Waals surface area contributed by atoms with Crippen molar-refractivity contribution in [2.45, 2.75) is 24.8 Å². The molecule has 0 bridgehead atoms. The second kappa shape index (κ2) is 7.16. The van der Waals surface area contributed by atoms with E-state index in [1.165, 1.54) is 0 Å². The lowest BCUT2D eigenvalue weighted by molar-refractivity contribution is 0.0631. The van der Waals surface area contributed by atoms with Gasteiger partial charge in [0, 0.05) is 29.1 Å². The molecule has 100 valence electrons. The number of carbonyl (C=O) groups excluding carboxylic acids is 1. The summed E-state index contributed by atoms with van der Waals surface area (Å²) in [7, 11) is 1.63. The van der Waals surface area contributed by atoms with E-state index < -0.39 is 0 Å². The summed E-state index contributed by atoms with van der Waals surface area (Å²) >= 11 is 7.71. The Morgan fingerprint density at radius 3 is 2.67 bits per heavy atom. The summed E-state index contributed by atoms with van der Waals surface area (Å²) in [6.07, 6.45) is 0. The van der Waals surface area contributed by atoms with Gasteiger partial charge in [0.25, 0.3) is 5.91 Å². The van der Waals surface area contributed by atoms with Gasteiger partial charge in [0.2, 0.25) is 0 Å². The van der Waals surface area contributed by atoms with Gasteiger partial charge in [-0.2, -0.15) is 0 Å². The van der Waals surface area contributed by atoms with Gasteiger partial charge < -0.3 is 9.64 Å². The van der Waals surface area contributed by atoms with Crippen molar-refractivity contribution in [1.82, 2.24) is 4.90 Å². The lowest BCUT2D eigenvalue weighted by Gasteiger charge is -2.27. The van der Waals surface area contributed by atoms with Crippen LogP contribution in [0.25, 0.3) is 0 Å². The molecule has 0 aromatic heterocycles. The van der Waals surface area contributed by atoms with Gasteiger partial charge >= 0.3 is 0 Å². The molecule has 0 aliphatic heterocycles. The van der Waals surface area contributed by atoms with E-state index in [0.717, 1.165) is 4.47 Å². The lowest BCUT2D eigenvalue weighted by atomic mass is 10.1. The summed E-state index contributed by atoms with van der Waals surface area (Å²) in [5.41, 5.74) is 0.617. The Hall–Kier alpha value is -0.520. The number of rotatable bonds is 5. The molecule has 0 heterocycles. The Balaban J connectivity index is 2.94. The van der Waals surface area contributed by atoms with Crippen molar-refractivity contribution in [2.75, 3.05) is 20.3 Å². The Bertz CT molecular complexity index is 423. The molecule has 0 saturated heterocycles. The fourth-order valence-corrected chi connectivity index (χ4v) is 2.47. The van der Waals surface area contributed by atoms with Gasteiger partial charge in [0.15, 0.2) is 0 Å². The zero-order chi connectivity index (χ0) is 13.7. The third kappa shape index (κ3) is 4.00. The molecule has 1 aromatic carbocycles. The first-order chi connectivity index (χ1) is 8.47. The molecule has 1 aromatic rings. The Morgan fingerprint density at radius 2 is 2.17 bits per heavy atom. The minimum atomic E-state index is -0.0143. The van der Waals surface area contributed by atoms with E-state index in [1.807, 2.05) is 26.0 Å². The van der Waals surface area contributed by atoms with Gasteiger partial charge in [-0.25, -0.2) is 0 Å². The van der Waals surface area contributed by atoms with E-state index in [9.17, 15) is 4.79 Å². The van der Waals surface area contributed by atoms with Crippen molar-refractivity contribution in [2.24, 2.45) is 0 Å². The normalized spacial score (nSPS) is 10.8. The zero-order valence-electron chi connectivity index (χ0n) is 10.8. The maximum absolute atomic E-state index is 12.4. The molecule has 0 radical (unpaired) electrons. The van der Waals surface area contributed by atoms with Crippen LogP contribution in [0.1, 0.15) is 24.2 Å². The number of amides is 1. The molecule has 0 atom stereocenters. The maximum Gasteiger partial charge on any atom is 0.255 e. The van der Waals surface area contributed by atoms with Crippen molar-refractivity contribution in [1.29, 1.82) is 0 Å². The Kier molecular flexibility index (Phi) is 6.18. The van der Waals surface area contributed by atoms with Crippen LogP contribution in [0.3, 0.4) is 0 Å². The minimum Gasteiger partial charge on any atom is -0.383 e. The van der Waals surface area contributed by atoms with E-state index in [1.54, 1.807) is 18.1 Å². The maximum atomic E-state index is 12.4. The van der Waals surface area contributed by atoms with Crippen molar-refractivity contribution in [3.8, 4) is 0 Å². The molecular weight excluding hydrogens is 314 g/mol. The number of hydrogen-bond donors (Lipinski definition) is 1. The SMILES string of the molecule is COCCN(C(=O)c1ccc(Br)cc1S)C(C)C. The zero-order valence-corrected chi connectivity index (χ0v) is 13.3. The molecule has 0 saturated carbocycles. The number of benzene rings is 1. The molecule has 0 aliphatic carbocycles. The van der Waals surface area contributed by atoms with Crippen LogP contribution in [0, 0.1) is 0 Å². The predicted molar refractivity (Wildman–Crippen MR) is 79.4 cm³/mol. The molecule has 0 N–H and O–H groups in total. The van der Waals surface area contributed by atoms with E-state index in [4.69, 9.17) is 4.74 Å². The lowest BCUT2D eigenvalue weighted by Crippen LogP contribution is -2.39. The largest absolute Gasteiger partial charge is 0.383 e. The molecule has 0 spiro atoms. The molecule has 3 nitrogen and oxygen atoms in total. The molecule has 5 heteroatoms. The van der Waals surface area contributed by atoms with E-state index in [0.29, 0.717) is 23.6 Å². The van der Waals surface area contributed by atoms with Crippen LogP contribution in [0.5, 0.6) is 0 Å². The average Bonchev–Trinajstić information content (AvgIpc) is 2.28. The molecular formula is C13H18BrNO2S. The van der Waals surface area contributed by atoms with Crippen molar-refractivity contribution >= 4 is 34.5 Å². The highest BCUT2D eigenvalue weighted by atomic mass is 79.9. The quantitative estimate of drug-likeness (QED) is 0.839. The van der Waals surface area contributed by atoms with E-state index in [-0.39, 0.29) is 11.9 Å². The second-order valence-corrected chi connectivity index (χ2v) is 5.64. The Labute approximate surface area is 122 Å². The highest BCUT2D eigenvalue weighted by Gasteiger charge is 2.20. The van der Waals surface area contributed by atoms with Gasteiger partial charge in [-0.05, 0) is 32.0 Å². The predicted octanol–water partition coefficient (Wildman–Crippen LogP) is 3.23. The highest BCUT2D eigenvalue weighted by molar-refractivity contribution is 9.10. The van der Waals surface area contributed by atoms with E-state index in [2.05, 4.69) is 28.6 Å². The highest BCUT2D eigenvalue weighted by Crippen LogP contribution is 2.21. The number of methoxy groups -OCH3 is 1. The van der Waals surface area contributed by atoms with Gasteiger partial charge in [0.1, 0.15) is 0 Å². The summed E-state index contributed by atoms with van der Waals surface area (Å²) in [6.45, 7) is 5.09. The van der Waals surface area contributed by atoms with Crippen LogP contribution in [-0.4, -0.2) is 37.1 Å². The van der Waals surface area contributed by atoms with Crippen LogP contribution in [0.4, 0.5) is 0 Å². The van der Waals surface area contributed by atoms with Gasteiger partial charge in [-0.15, -0.1) is 12.6 Å². The average molecular weight is 332 g/mol. The van der Waals surface area contributed by atoms with Crippen LogP contribution in [0.2, 0.25) is 0 Å². The second-order valence-electron chi connectivity index (χ2n) is 4.25. The van der Waals surface area contributed by atoms with Gasteiger partial charge in [0.05, 0.1) is 12.2 Å². The Morgan fingerprint density at radius 1 is 1.50 bits per heavy atom. The number of halogens is 1. The fraction of sp³-hybridized carbons (Fsp3) is 0.462. The van der Waals surface area contributed by atoms with Crippen molar-refractivity contribution in [3.05, 3.63) is 28.2 Å². The smallest absolute Gasteiger partial charge is 0.255 e. The first kappa shape index (κ1) is 15.5. The van der Waals surface area contributed by atoms with Crippen molar-refractivity contribution < 1.29 is 9.53 Å². The monoisotopic (exact) mass is 331 g/mol. The summed E-state index contributed by atoms with van der Waals surface area (Å²) in [6, 6.07) is 5.59. The summed E-state index contributed by atoms with van der Waals surface area (Å²) < 4.78 is 5.95. The molecule has 0 fully saturated rings. The molecule has 1 rings (SSSR count). The van der Waals surface area contributed by atoms with Crippen LogP contribution < -0.4 is 0 Å². The van der Waals surface area contributed by atoms with Crippen LogP contribution in [0.15, 0.2) is 27.6 Å². The number of ether oxygens (including phenoxy) is 1. The summed E-state index contributed by atoms with van der Waals surface area (Å²) in [5, 5.41) is 0. The molecule has 0 aliphatic rings. The first-order valence-electron chi connectivity index (χ1n) is 5.75. The molecule has 18 heavy (non-hydrogen) atoms. The van der Waals surface area contributed by atoms with Gasteiger partial charge in [-0.3, -0.25) is 4.79 Å². The first-order valence-corrected chi connectivity index (χ1v) is 6.99. The topological polar surface area (TPSA) is 29.5 Å². The third-order valence-corrected chi connectivity index (χ3v) is 3.47. The standard InChI is InChI=1S/C13H18BrNO2S/c1-9(2)15(6-7-17-3)13(16)11-5-4-10(14)8-12(11)18/h4-5,8-9,18H,6-7H2,1-3H3. The van der Waals surface area contributed by atoms with Crippen molar-refractivity contribution in [3.63, 3.8) is 0 Å². The third-order valence-electron chi connectivity index (χ3n) is 2.61. The summed E-state index contributed by atoms with van der Waals surface area (Å²) in [5.74, 6) is -0.0143. The fourth-order valence-electron chi connectivity index (χ4n) is 1.62. The minimum absolute atomic E-state index is 0.0143. The van der Waals surface area contributed by atoms with Crippen LogP contribution >= 0.6 is 28.6 Å². The van der Waals surface area contributed by atoms with E-state index >= 15 is 0 Å².